The monoisotopic (exact) mass is 442 g/mol. The van der Waals surface area contributed by atoms with E-state index in [2.05, 4.69) is 32.9 Å². The summed E-state index contributed by atoms with van der Waals surface area (Å²) in [6, 6.07) is 8.29. The van der Waals surface area contributed by atoms with Gasteiger partial charge in [-0.15, -0.1) is 0 Å². The van der Waals surface area contributed by atoms with Crippen LogP contribution >= 0.6 is 22.6 Å². The molecule has 24 heavy (non-hydrogen) atoms. The summed E-state index contributed by atoms with van der Waals surface area (Å²) in [6.45, 7) is 6.17. The first kappa shape index (κ1) is 17.1. The van der Waals surface area contributed by atoms with E-state index < -0.39 is 11.6 Å². The van der Waals surface area contributed by atoms with Crippen LogP contribution in [0.4, 0.5) is 20.2 Å². The van der Waals surface area contributed by atoms with Gasteiger partial charge in [-0.1, -0.05) is 0 Å². The molecule has 0 spiro atoms. The van der Waals surface area contributed by atoms with Gasteiger partial charge in [0.1, 0.15) is 6.61 Å². The van der Waals surface area contributed by atoms with E-state index in [-0.39, 0.29) is 11.2 Å². The Hall–Kier alpha value is -1.70. The molecule has 1 aliphatic heterocycles. The Kier molecular flexibility index (Phi) is 4.50. The van der Waals surface area contributed by atoms with Gasteiger partial charge in [-0.05, 0) is 79.3 Å². The molecule has 0 aliphatic carbocycles. The molecule has 1 heterocycles. The molecular weight excluding hydrogens is 425 g/mol. The van der Waals surface area contributed by atoms with Crippen molar-refractivity contribution < 1.29 is 13.5 Å². The third-order valence-electron chi connectivity index (χ3n) is 3.74. The van der Waals surface area contributed by atoms with E-state index in [4.69, 9.17) is 4.74 Å². The molecule has 2 aromatic carbocycles. The van der Waals surface area contributed by atoms with Crippen molar-refractivity contribution in [3.05, 3.63) is 56.7 Å². The van der Waals surface area contributed by atoms with Gasteiger partial charge in [0, 0.05) is 9.26 Å². The van der Waals surface area contributed by atoms with Gasteiger partial charge >= 0.3 is 0 Å². The van der Waals surface area contributed by atoms with Crippen LogP contribution in [-0.2, 0) is 4.74 Å². The molecule has 1 aliphatic rings. The van der Waals surface area contributed by atoms with Gasteiger partial charge < -0.3 is 10.1 Å². The number of halogens is 3. The first-order valence-electron chi connectivity index (χ1n) is 7.51. The van der Waals surface area contributed by atoms with E-state index in [1.807, 2.05) is 39.0 Å². The normalized spacial score (nSPS) is 15.8. The molecule has 3 nitrogen and oxygen atoms in total. The van der Waals surface area contributed by atoms with Gasteiger partial charge in [-0.3, -0.25) is 0 Å². The van der Waals surface area contributed by atoms with Crippen LogP contribution in [0.15, 0.2) is 35.3 Å². The lowest BCUT2D eigenvalue weighted by Crippen LogP contribution is -2.17. The highest BCUT2D eigenvalue weighted by molar-refractivity contribution is 14.1. The zero-order chi connectivity index (χ0) is 17.5. The first-order chi connectivity index (χ1) is 11.3. The second-order valence-electron chi connectivity index (χ2n) is 6.39. The summed E-state index contributed by atoms with van der Waals surface area (Å²) in [5.41, 5.74) is 1.72. The van der Waals surface area contributed by atoms with Gasteiger partial charge in [0.2, 0.25) is 5.90 Å². The Balaban J connectivity index is 2.08. The summed E-state index contributed by atoms with van der Waals surface area (Å²) in [7, 11) is 0. The minimum absolute atomic E-state index is 0.0377. The van der Waals surface area contributed by atoms with Gasteiger partial charge in [0.25, 0.3) is 0 Å². The van der Waals surface area contributed by atoms with Crippen LogP contribution in [0.2, 0.25) is 0 Å². The third-order valence-corrected chi connectivity index (χ3v) is 4.41. The number of rotatable bonds is 3. The highest BCUT2D eigenvalue weighted by Crippen LogP contribution is 2.31. The Bertz CT molecular complexity index is 834. The molecule has 0 aromatic heterocycles. The summed E-state index contributed by atoms with van der Waals surface area (Å²) < 4.78 is 34.9. The molecule has 0 unspecified atom stereocenters. The van der Waals surface area contributed by atoms with Gasteiger partial charge in [-0.2, -0.15) is 0 Å². The first-order valence-corrected chi connectivity index (χ1v) is 8.59. The van der Waals surface area contributed by atoms with Crippen molar-refractivity contribution in [2.24, 2.45) is 4.99 Å². The quantitative estimate of drug-likeness (QED) is 0.666. The minimum Gasteiger partial charge on any atom is -0.475 e. The number of ether oxygens (including phenoxy) is 1. The van der Waals surface area contributed by atoms with E-state index in [1.54, 1.807) is 0 Å². The Morgan fingerprint density at radius 2 is 1.96 bits per heavy atom. The largest absolute Gasteiger partial charge is 0.475 e. The molecular formula is C18H17F2IN2O. The number of hydrogen-bond acceptors (Lipinski definition) is 3. The van der Waals surface area contributed by atoms with Crippen LogP contribution in [0, 0.1) is 22.1 Å². The smallest absolute Gasteiger partial charge is 0.219 e. The predicted molar refractivity (Wildman–Crippen MR) is 100 cm³/mol. The highest BCUT2D eigenvalue weighted by atomic mass is 127. The number of aliphatic imine (C=N–C) groups is 1. The highest BCUT2D eigenvalue weighted by Gasteiger charge is 2.29. The molecule has 0 saturated carbocycles. The predicted octanol–water partition coefficient (Wildman–Crippen LogP) is 5.18. The van der Waals surface area contributed by atoms with E-state index in [1.165, 1.54) is 6.07 Å². The Labute approximate surface area is 153 Å². The minimum atomic E-state index is -0.943. The number of nitrogens with one attached hydrogen (secondary N) is 1. The van der Waals surface area contributed by atoms with Crippen molar-refractivity contribution in [1.29, 1.82) is 0 Å². The van der Waals surface area contributed by atoms with E-state index in [0.717, 1.165) is 15.2 Å². The average molecular weight is 442 g/mol. The SMILES string of the molecule is Cc1cc(I)ccc1Nc1c(C2=NC(C)(C)CO2)ccc(F)c1F. The molecule has 1 N–H and O–H groups in total. The third kappa shape index (κ3) is 3.38. The van der Waals surface area contributed by atoms with E-state index in [0.29, 0.717) is 23.8 Å². The van der Waals surface area contributed by atoms with Crippen LogP contribution in [0.25, 0.3) is 0 Å². The maximum Gasteiger partial charge on any atom is 0.219 e. The average Bonchev–Trinajstić information content (AvgIpc) is 2.86. The topological polar surface area (TPSA) is 33.6 Å². The van der Waals surface area contributed by atoms with Crippen molar-refractivity contribution in [1.82, 2.24) is 0 Å². The second kappa shape index (κ2) is 6.31. The molecule has 2 aromatic rings. The number of benzene rings is 2. The Morgan fingerprint density at radius 3 is 2.58 bits per heavy atom. The maximum absolute atomic E-state index is 14.5. The van der Waals surface area contributed by atoms with Crippen LogP contribution in [0.5, 0.6) is 0 Å². The van der Waals surface area contributed by atoms with Gasteiger partial charge in [0.15, 0.2) is 11.6 Å². The summed E-state index contributed by atoms with van der Waals surface area (Å²) >= 11 is 2.21. The summed E-state index contributed by atoms with van der Waals surface area (Å²) in [6.07, 6.45) is 0. The van der Waals surface area contributed by atoms with Crippen molar-refractivity contribution in [3.63, 3.8) is 0 Å². The number of aryl methyl sites for hydroxylation is 1. The van der Waals surface area contributed by atoms with E-state index in [9.17, 15) is 8.78 Å². The zero-order valence-electron chi connectivity index (χ0n) is 13.6. The Morgan fingerprint density at radius 1 is 1.21 bits per heavy atom. The van der Waals surface area contributed by atoms with Crippen molar-refractivity contribution in [3.8, 4) is 0 Å². The molecule has 0 atom stereocenters. The van der Waals surface area contributed by atoms with Crippen LogP contribution < -0.4 is 5.32 Å². The standard InChI is InChI=1S/C18H17F2IN2O/c1-10-8-11(21)4-7-14(10)22-16-12(5-6-13(19)15(16)20)17-23-18(2,3)9-24-17/h4-8,22H,9H2,1-3H3. The maximum atomic E-state index is 14.5. The zero-order valence-corrected chi connectivity index (χ0v) is 15.7. The lowest BCUT2D eigenvalue weighted by atomic mass is 10.1. The van der Waals surface area contributed by atoms with Crippen LogP contribution in [-0.4, -0.2) is 18.0 Å². The van der Waals surface area contributed by atoms with Crippen LogP contribution in [0.1, 0.15) is 25.0 Å². The van der Waals surface area contributed by atoms with Gasteiger partial charge in [-0.25, -0.2) is 13.8 Å². The number of anilines is 2. The fraction of sp³-hybridized carbons (Fsp3) is 0.278. The van der Waals surface area contributed by atoms with Crippen molar-refractivity contribution >= 4 is 39.9 Å². The molecule has 0 amide bonds. The van der Waals surface area contributed by atoms with Crippen LogP contribution in [0.3, 0.4) is 0 Å². The molecule has 0 fully saturated rings. The van der Waals surface area contributed by atoms with Crippen molar-refractivity contribution in [2.75, 3.05) is 11.9 Å². The molecule has 6 heteroatoms. The fourth-order valence-electron chi connectivity index (χ4n) is 2.48. The molecule has 0 radical (unpaired) electrons. The summed E-state index contributed by atoms with van der Waals surface area (Å²) in [5, 5.41) is 3.00. The molecule has 3 rings (SSSR count). The molecule has 126 valence electrons. The second-order valence-corrected chi connectivity index (χ2v) is 7.63. The van der Waals surface area contributed by atoms with Gasteiger partial charge in [0.05, 0.1) is 16.8 Å². The summed E-state index contributed by atoms with van der Waals surface area (Å²) in [4.78, 5) is 4.46. The number of hydrogen-bond donors (Lipinski definition) is 1. The molecule has 0 bridgehead atoms. The lowest BCUT2D eigenvalue weighted by molar-refractivity contribution is 0.279. The fourth-order valence-corrected chi connectivity index (χ4v) is 3.12. The molecule has 0 saturated heterocycles. The van der Waals surface area contributed by atoms with E-state index >= 15 is 0 Å². The number of nitrogens with zero attached hydrogens (tertiary/aromatic N) is 1. The summed E-state index contributed by atoms with van der Waals surface area (Å²) in [5.74, 6) is -1.53. The van der Waals surface area contributed by atoms with Crippen molar-refractivity contribution in [2.45, 2.75) is 26.3 Å². The lowest BCUT2D eigenvalue weighted by Gasteiger charge is -2.15.